The van der Waals surface area contributed by atoms with Gasteiger partial charge < -0.3 is 20.3 Å². The van der Waals surface area contributed by atoms with Crippen molar-refractivity contribution in [2.75, 3.05) is 37.7 Å². The Hall–Kier alpha value is -4.01. The molecule has 12 nitrogen and oxygen atoms in total. The molecule has 2 saturated heterocycles. The maximum absolute atomic E-state index is 13.6. The van der Waals surface area contributed by atoms with Gasteiger partial charge in [-0.3, -0.25) is 14.3 Å². The molecule has 0 spiro atoms. The highest BCUT2D eigenvalue weighted by Crippen LogP contribution is 2.35. The van der Waals surface area contributed by atoms with Crippen molar-refractivity contribution in [1.82, 2.24) is 40.0 Å². The Balaban J connectivity index is 1.38. The van der Waals surface area contributed by atoms with Crippen LogP contribution in [0.4, 0.5) is 19.0 Å². The van der Waals surface area contributed by atoms with Crippen molar-refractivity contribution in [3.63, 3.8) is 0 Å². The molecule has 5 heterocycles. The molecule has 236 valence electrons. The van der Waals surface area contributed by atoms with Crippen molar-refractivity contribution in [1.29, 1.82) is 0 Å². The topological polar surface area (TPSA) is 132 Å². The predicted octanol–water partition coefficient (Wildman–Crippen LogP) is 3.14. The SMILES string of the molecule is CCn1nccc1C(=O)NC(=C1CCCCC1)c1cn2nc(C[C@H]3C[C@@H](C(F)(F)F)CNC3=O)c(N3CCOCC3)nc2n1. The van der Waals surface area contributed by atoms with Crippen LogP contribution >= 0.6 is 0 Å². The van der Waals surface area contributed by atoms with Crippen LogP contribution in [0.3, 0.4) is 0 Å². The summed E-state index contributed by atoms with van der Waals surface area (Å²) in [5.74, 6) is -2.49. The first-order valence-electron chi connectivity index (χ1n) is 15.2. The lowest BCUT2D eigenvalue weighted by atomic mass is 9.86. The second-order valence-electron chi connectivity index (χ2n) is 11.5. The number of hydrogen-bond acceptors (Lipinski definition) is 8. The highest BCUT2D eigenvalue weighted by atomic mass is 19.4. The summed E-state index contributed by atoms with van der Waals surface area (Å²) >= 11 is 0. The van der Waals surface area contributed by atoms with Gasteiger partial charge in [-0.15, -0.1) is 0 Å². The van der Waals surface area contributed by atoms with E-state index in [4.69, 9.17) is 19.8 Å². The van der Waals surface area contributed by atoms with Gasteiger partial charge in [0.1, 0.15) is 17.1 Å². The number of ether oxygens (including phenoxy) is 1. The Morgan fingerprint density at radius 1 is 1.16 bits per heavy atom. The molecule has 2 N–H and O–H groups in total. The number of rotatable bonds is 7. The molecule has 3 aliphatic rings. The highest BCUT2D eigenvalue weighted by molar-refractivity contribution is 5.98. The van der Waals surface area contributed by atoms with Gasteiger partial charge in [-0.25, -0.2) is 9.50 Å². The minimum Gasteiger partial charge on any atom is -0.378 e. The summed E-state index contributed by atoms with van der Waals surface area (Å²) in [6, 6.07) is 1.67. The van der Waals surface area contributed by atoms with E-state index in [1.54, 1.807) is 23.1 Å². The molecule has 1 saturated carbocycles. The van der Waals surface area contributed by atoms with Crippen LogP contribution in [0, 0.1) is 11.8 Å². The fourth-order valence-electron chi connectivity index (χ4n) is 6.20. The van der Waals surface area contributed by atoms with Gasteiger partial charge in [0.05, 0.1) is 31.0 Å². The number of nitrogens with zero attached hydrogens (tertiary/aromatic N) is 7. The number of aromatic nitrogens is 6. The number of halogens is 3. The van der Waals surface area contributed by atoms with Crippen molar-refractivity contribution < 1.29 is 27.5 Å². The number of piperidine rings is 1. The van der Waals surface area contributed by atoms with Gasteiger partial charge in [-0.05, 0) is 50.7 Å². The Morgan fingerprint density at radius 3 is 2.66 bits per heavy atom. The fourth-order valence-corrected chi connectivity index (χ4v) is 6.20. The van der Waals surface area contributed by atoms with Gasteiger partial charge in [-0.2, -0.15) is 28.4 Å². The summed E-state index contributed by atoms with van der Waals surface area (Å²) in [6.07, 6.45) is 3.28. The minimum atomic E-state index is -4.41. The monoisotopic (exact) mass is 615 g/mol. The normalized spacial score (nSPS) is 21.4. The minimum absolute atomic E-state index is 0.00670. The first-order valence-corrected chi connectivity index (χ1v) is 15.2. The molecule has 0 aromatic carbocycles. The zero-order valence-corrected chi connectivity index (χ0v) is 24.6. The van der Waals surface area contributed by atoms with Crippen LogP contribution in [-0.4, -0.2) is 80.2 Å². The number of alkyl halides is 3. The van der Waals surface area contributed by atoms with Crippen LogP contribution in [0.5, 0.6) is 0 Å². The van der Waals surface area contributed by atoms with Gasteiger partial charge in [0.25, 0.3) is 11.7 Å². The molecule has 2 atom stereocenters. The molecule has 0 bridgehead atoms. The molecule has 0 radical (unpaired) electrons. The van der Waals surface area contributed by atoms with Crippen LogP contribution in [0.25, 0.3) is 11.5 Å². The Kier molecular flexibility index (Phi) is 8.56. The molecular formula is C29H36F3N9O3. The van der Waals surface area contributed by atoms with Crippen LogP contribution in [-0.2, 0) is 22.5 Å². The van der Waals surface area contributed by atoms with Crippen LogP contribution < -0.4 is 15.5 Å². The van der Waals surface area contributed by atoms with Gasteiger partial charge in [0.15, 0.2) is 5.82 Å². The van der Waals surface area contributed by atoms with E-state index < -0.39 is 30.5 Å². The van der Waals surface area contributed by atoms with Gasteiger partial charge in [0, 0.05) is 44.7 Å². The van der Waals surface area contributed by atoms with Crippen molar-refractivity contribution in [2.24, 2.45) is 11.8 Å². The van der Waals surface area contributed by atoms with E-state index in [2.05, 4.69) is 15.7 Å². The van der Waals surface area contributed by atoms with Gasteiger partial charge in [-0.1, -0.05) is 6.42 Å². The van der Waals surface area contributed by atoms with Gasteiger partial charge in [0.2, 0.25) is 5.91 Å². The standard InChI is InChI=1S/C29H36F3N9O3/c1-2-40-23(8-9-34-40)27(43)36-24(18-6-4-3-5-7-18)22-17-41-28(35-22)37-25(39-10-12-44-13-11-39)21(38-41)15-19-14-20(29(30,31)32)16-33-26(19)42/h8-9,17,19-20H,2-7,10-16H2,1H3,(H,33,42)(H,36,43)/t19-,20-/m1/s1. The molecule has 3 aromatic heterocycles. The number of amides is 2. The summed E-state index contributed by atoms with van der Waals surface area (Å²) in [4.78, 5) is 37.7. The van der Waals surface area contributed by atoms with Crippen LogP contribution in [0.2, 0.25) is 0 Å². The Morgan fingerprint density at radius 2 is 1.93 bits per heavy atom. The average molecular weight is 616 g/mol. The molecule has 2 aliphatic heterocycles. The quantitative estimate of drug-likeness (QED) is 0.415. The maximum atomic E-state index is 13.6. The summed E-state index contributed by atoms with van der Waals surface area (Å²) in [5, 5.41) is 14.5. The predicted molar refractivity (Wildman–Crippen MR) is 154 cm³/mol. The third-order valence-corrected chi connectivity index (χ3v) is 8.59. The molecule has 1 aliphatic carbocycles. The first kappa shape index (κ1) is 30.0. The van der Waals surface area contributed by atoms with Gasteiger partial charge >= 0.3 is 6.18 Å². The number of allylic oxidation sites excluding steroid dienone is 1. The van der Waals surface area contributed by atoms with E-state index in [1.165, 1.54) is 4.52 Å². The van der Waals surface area contributed by atoms with Crippen LogP contribution in [0.1, 0.15) is 67.3 Å². The van der Waals surface area contributed by atoms with E-state index in [9.17, 15) is 22.8 Å². The highest BCUT2D eigenvalue weighted by Gasteiger charge is 2.45. The van der Waals surface area contributed by atoms with E-state index in [-0.39, 0.29) is 24.5 Å². The largest absolute Gasteiger partial charge is 0.393 e. The van der Waals surface area contributed by atoms with E-state index in [0.717, 1.165) is 37.7 Å². The first-order chi connectivity index (χ1) is 21.2. The number of fused-ring (bicyclic) bond motifs is 1. The lowest BCUT2D eigenvalue weighted by molar-refractivity contribution is -0.183. The number of carbonyl (C=O) groups is 2. The fraction of sp³-hybridized carbons (Fsp3) is 0.586. The second kappa shape index (κ2) is 12.5. The van der Waals surface area contributed by atoms with Crippen molar-refractivity contribution in [3.05, 3.63) is 41.1 Å². The molecule has 2 amide bonds. The number of carbonyl (C=O) groups excluding carboxylic acids is 2. The number of hydrogen-bond donors (Lipinski definition) is 2. The van der Waals surface area contributed by atoms with E-state index >= 15 is 0 Å². The third kappa shape index (κ3) is 6.28. The zero-order valence-electron chi connectivity index (χ0n) is 24.6. The summed E-state index contributed by atoms with van der Waals surface area (Å²) in [5.41, 5.74) is 3.03. The zero-order chi connectivity index (χ0) is 30.8. The summed E-state index contributed by atoms with van der Waals surface area (Å²) in [6.45, 7) is 3.99. The molecule has 6 rings (SSSR count). The molecule has 0 unspecified atom stereocenters. The molecular weight excluding hydrogens is 579 g/mol. The third-order valence-electron chi connectivity index (χ3n) is 8.59. The Bertz CT molecular complexity index is 1550. The maximum Gasteiger partial charge on any atom is 0.393 e. The number of imidazole rings is 1. The summed E-state index contributed by atoms with van der Waals surface area (Å²) in [7, 11) is 0. The number of nitrogens with one attached hydrogen (secondary N) is 2. The van der Waals surface area contributed by atoms with Crippen molar-refractivity contribution in [3.8, 4) is 0 Å². The number of aryl methyl sites for hydroxylation is 1. The second-order valence-corrected chi connectivity index (χ2v) is 11.5. The lowest BCUT2D eigenvalue weighted by Crippen LogP contribution is -2.47. The van der Waals surface area contributed by atoms with E-state index in [0.29, 0.717) is 61.4 Å². The molecule has 3 aromatic rings. The van der Waals surface area contributed by atoms with E-state index in [1.807, 2.05) is 11.8 Å². The summed E-state index contributed by atoms with van der Waals surface area (Å²) < 4.78 is 49.3. The number of morpholine rings is 1. The lowest BCUT2D eigenvalue weighted by Gasteiger charge is -2.32. The molecule has 15 heteroatoms. The Labute approximate surface area is 252 Å². The molecule has 3 fully saturated rings. The number of anilines is 1. The molecule has 44 heavy (non-hydrogen) atoms. The van der Waals surface area contributed by atoms with Crippen molar-refractivity contribution in [2.45, 2.75) is 64.6 Å². The van der Waals surface area contributed by atoms with Crippen molar-refractivity contribution >= 4 is 29.1 Å². The average Bonchev–Trinajstić information content (AvgIpc) is 3.68. The van der Waals surface area contributed by atoms with Crippen LogP contribution in [0.15, 0.2) is 24.0 Å². The smallest absolute Gasteiger partial charge is 0.378 e.